The Kier molecular flexibility index (Phi) is 47.8. The van der Waals surface area contributed by atoms with E-state index in [0.29, 0.717) is 13.0 Å². The van der Waals surface area contributed by atoms with Gasteiger partial charge in [-0.1, -0.05) is 203 Å². The number of ether oxygens (including phenoxy) is 2. The summed E-state index contributed by atoms with van der Waals surface area (Å²) < 4.78 is 33.5. The summed E-state index contributed by atoms with van der Waals surface area (Å²) in [6.45, 7) is 3.85. The molecule has 0 rings (SSSR count). The lowest BCUT2D eigenvalue weighted by molar-refractivity contribution is -0.154. The lowest BCUT2D eigenvalue weighted by Crippen LogP contribution is -2.34. The smallest absolute Gasteiger partial charge is 0.472 e. The Morgan fingerprint density at radius 2 is 0.846 bits per heavy atom. The quantitative estimate of drug-likeness (QED) is 0.0232. The molecule has 0 saturated carbocycles. The van der Waals surface area contributed by atoms with E-state index in [1.165, 1.54) is 135 Å². The van der Waals surface area contributed by atoms with Gasteiger partial charge in [0.15, 0.2) is 0 Å². The molecule has 0 aliphatic carbocycles. The molecular formula is C54H98NO9P. The second kappa shape index (κ2) is 49.6. The van der Waals surface area contributed by atoms with Crippen LogP contribution < -0.4 is 5.73 Å². The fourth-order valence-corrected chi connectivity index (χ4v) is 7.95. The van der Waals surface area contributed by atoms with Gasteiger partial charge in [0, 0.05) is 13.0 Å². The van der Waals surface area contributed by atoms with Crippen LogP contribution in [0.2, 0.25) is 0 Å². The minimum atomic E-state index is -4.63. The molecule has 0 saturated heterocycles. The number of unbranched alkanes of at least 4 members (excludes halogenated alkanes) is 26. The molecule has 0 heterocycles. The van der Waals surface area contributed by atoms with Crippen molar-refractivity contribution < 1.29 is 42.7 Å². The standard InChI is InChI=1S/C54H98NO9P/c1-3-5-7-9-11-13-15-17-19-21-23-24-25-26-27-29-31-33-35-37-39-41-43-45-47-61-48-51(49-62-65(59,60)63-50-52(55)54(57)58)64-53(56)46-44-42-40-38-36-34-32-30-28-22-20-18-16-14-12-10-8-6-4-2/h12,14-15,17-18,20-21,23,25-26,51-52H,3-11,13,16,19,22,24,27-50,55H2,1-2H3,(H,57,58)(H,59,60)/b14-12-,17-15-,20-18-,23-21-,26-25-. The van der Waals surface area contributed by atoms with E-state index in [4.69, 9.17) is 29.4 Å². The highest BCUT2D eigenvalue weighted by molar-refractivity contribution is 7.47. The Labute approximate surface area is 398 Å². The van der Waals surface area contributed by atoms with Crippen molar-refractivity contribution in [1.82, 2.24) is 0 Å². The van der Waals surface area contributed by atoms with Crippen molar-refractivity contribution in [2.45, 2.75) is 244 Å². The monoisotopic (exact) mass is 936 g/mol. The summed E-state index contributed by atoms with van der Waals surface area (Å²) in [5.74, 6) is -1.78. The van der Waals surface area contributed by atoms with Gasteiger partial charge in [0.2, 0.25) is 0 Å². The summed E-state index contributed by atoms with van der Waals surface area (Å²) in [6.07, 6.45) is 61.3. The molecule has 65 heavy (non-hydrogen) atoms. The molecule has 3 atom stereocenters. The number of phosphoric ester groups is 1. The van der Waals surface area contributed by atoms with Gasteiger partial charge in [-0.15, -0.1) is 0 Å². The van der Waals surface area contributed by atoms with Crippen molar-refractivity contribution in [2.24, 2.45) is 5.73 Å². The minimum Gasteiger partial charge on any atom is -0.480 e. The number of carboxylic acids is 1. The number of esters is 1. The van der Waals surface area contributed by atoms with E-state index in [9.17, 15) is 19.0 Å². The molecule has 10 nitrogen and oxygen atoms in total. The van der Waals surface area contributed by atoms with Gasteiger partial charge in [-0.2, -0.15) is 0 Å². The Morgan fingerprint density at radius 3 is 1.29 bits per heavy atom. The summed E-state index contributed by atoms with van der Waals surface area (Å²) in [4.78, 5) is 33.7. The molecule has 11 heteroatoms. The third-order valence-corrected chi connectivity index (χ3v) is 12.2. The van der Waals surface area contributed by atoms with Crippen LogP contribution in [0, 0.1) is 0 Å². The summed E-state index contributed by atoms with van der Waals surface area (Å²) >= 11 is 0. The topological polar surface area (TPSA) is 155 Å². The van der Waals surface area contributed by atoms with Crippen LogP contribution in [0.1, 0.15) is 232 Å². The summed E-state index contributed by atoms with van der Waals surface area (Å²) in [5, 5.41) is 8.93. The second-order valence-electron chi connectivity index (χ2n) is 17.6. The average Bonchev–Trinajstić information content (AvgIpc) is 3.29. The lowest BCUT2D eigenvalue weighted by Gasteiger charge is -2.20. The highest BCUT2D eigenvalue weighted by Gasteiger charge is 2.27. The van der Waals surface area contributed by atoms with Crippen LogP contribution in [0.5, 0.6) is 0 Å². The Balaban J connectivity index is 4.15. The van der Waals surface area contributed by atoms with Gasteiger partial charge >= 0.3 is 19.8 Å². The van der Waals surface area contributed by atoms with Crippen molar-refractivity contribution in [3.05, 3.63) is 60.8 Å². The molecule has 0 aromatic carbocycles. The van der Waals surface area contributed by atoms with Crippen LogP contribution in [-0.4, -0.2) is 60.5 Å². The van der Waals surface area contributed by atoms with Gasteiger partial charge in [0.25, 0.3) is 0 Å². The highest BCUT2D eigenvalue weighted by atomic mass is 31.2. The van der Waals surface area contributed by atoms with E-state index in [2.05, 4.69) is 74.6 Å². The number of hydrogen-bond acceptors (Lipinski definition) is 8. The van der Waals surface area contributed by atoms with E-state index < -0.39 is 45.1 Å². The average molecular weight is 936 g/mol. The number of hydrogen-bond donors (Lipinski definition) is 3. The van der Waals surface area contributed by atoms with E-state index in [1.807, 2.05) is 0 Å². The van der Waals surface area contributed by atoms with Crippen LogP contribution in [0.3, 0.4) is 0 Å². The molecule has 0 amide bonds. The van der Waals surface area contributed by atoms with Crippen LogP contribution in [0.25, 0.3) is 0 Å². The minimum absolute atomic E-state index is 0.00997. The number of carbonyl (C=O) groups excluding carboxylic acids is 1. The normalized spacial score (nSPS) is 14.2. The molecule has 0 fully saturated rings. The molecule has 0 radical (unpaired) electrons. The second-order valence-corrected chi connectivity index (χ2v) is 19.1. The zero-order valence-corrected chi connectivity index (χ0v) is 42.5. The van der Waals surface area contributed by atoms with Crippen molar-refractivity contribution in [3.8, 4) is 0 Å². The van der Waals surface area contributed by atoms with Crippen LogP contribution in [0.15, 0.2) is 60.8 Å². The fraction of sp³-hybridized carbons (Fsp3) is 0.778. The Hall–Kier alpha value is -2.33. The number of aliphatic carboxylic acids is 1. The maximum absolute atomic E-state index is 12.7. The maximum atomic E-state index is 12.7. The third kappa shape index (κ3) is 49.4. The first-order valence-corrected chi connectivity index (χ1v) is 27.8. The Bertz CT molecular complexity index is 1270. The molecule has 0 aromatic rings. The number of phosphoric acid groups is 1. The zero-order chi connectivity index (χ0) is 47.6. The van der Waals surface area contributed by atoms with Gasteiger partial charge in [-0.3, -0.25) is 18.6 Å². The zero-order valence-electron chi connectivity index (χ0n) is 41.6. The fourth-order valence-electron chi connectivity index (χ4n) is 7.17. The largest absolute Gasteiger partial charge is 0.480 e. The molecule has 0 aliphatic heterocycles. The molecule has 0 spiro atoms. The molecular weight excluding hydrogens is 838 g/mol. The molecule has 378 valence electrons. The number of rotatable bonds is 50. The van der Waals surface area contributed by atoms with Crippen LogP contribution in [0.4, 0.5) is 0 Å². The predicted octanol–water partition coefficient (Wildman–Crippen LogP) is 15.5. The van der Waals surface area contributed by atoms with Crippen molar-refractivity contribution in [2.75, 3.05) is 26.4 Å². The summed E-state index contributed by atoms with van der Waals surface area (Å²) in [7, 11) is -4.63. The van der Waals surface area contributed by atoms with Crippen LogP contribution >= 0.6 is 7.82 Å². The first-order valence-electron chi connectivity index (χ1n) is 26.3. The highest BCUT2D eigenvalue weighted by Crippen LogP contribution is 2.43. The van der Waals surface area contributed by atoms with Gasteiger partial charge in [0.05, 0.1) is 19.8 Å². The first-order chi connectivity index (χ1) is 31.7. The number of carbonyl (C=O) groups is 2. The lowest BCUT2D eigenvalue weighted by atomic mass is 10.1. The van der Waals surface area contributed by atoms with Gasteiger partial charge in [-0.25, -0.2) is 4.57 Å². The molecule has 0 aliphatic rings. The number of nitrogens with two attached hydrogens (primary N) is 1. The van der Waals surface area contributed by atoms with Gasteiger partial charge in [0.1, 0.15) is 12.1 Å². The van der Waals surface area contributed by atoms with Gasteiger partial charge in [-0.05, 0) is 83.5 Å². The van der Waals surface area contributed by atoms with E-state index in [0.717, 1.165) is 70.6 Å². The van der Waals surface area contributed by atoms with Crippen molar-refractivity contribution in [3.63, 3.8) is 0 Å². The van der Waals surface area contributed by atoms with Gasteiger partial charge < -0.3 is 25.2 Å². The van der Waals surface area contributed by atoms with Crippen molar-refractivity contribution >= 4 is 19.8 Å². The molecule has 3 unspecified atom stereocenters. The third-order valence-electron chi connectivity index (χ3n) is 11.3. The molecule has 4 N–H and O–H groups in total. The maximum Gasteiger partial charge on any atom is 0.472 e. The van der Waals surface area contributed by atoms with E-state index in [-0.39, 0.29) is 13.0 Å². The van der Waals surface area contributed by atoms with Crippen molar-refractivity contribution in [1.29, 1.82) is 0 Å². The van der Waals surface area contributed by atoms with E-state index in [1.54, 1.807) is 0 Å². The van der Waals surface area contributed by atoms with Crippen LogP contribution in [-0.2, 0) is 32.7 Å². The number of allylic oxidation sites excluding steroid dienone is 10. The summed E-state index contributed by atoms with van der Waals surface area (Å²) in [5.41, 5.74) is 5.38. The summed E-state index contributed by atoms with van der Waals surface area (Å²) in [6, 6.07) is -1.48. The predicted molar refractivity (Wildman–Crippen MR) is 272 cm³/mol. The number of carboxylic acid groups (broad SMARTS) is 1. The first kappa shape index (κ1) is 62.7. The Morgan fingerprint density at radius 1 is 0.492 bits per heavy atom. The SMILES string of the molecule is CCCCC/C=C\C/C=C\CCCCCCCCCCCC(=O)OC(COCCCCCCCCCCC/C=C\C/C=C\C/C=C\CCCCCCC)COP(=O)(O)OCC(N)C(=O)O. The molecule has 0 bridgehead atoms. The van der Waals surface area contributed by atoms with E-state index >= 15 is 0 Å². The molecule has 0 aromatic heterocycles.